The number of nitrogens with one attached hydrogen (secondary N) is 1. The van der Waals surface area contributed by atoms with Gasteiger partial charge in [0.15, 0.2) is 0 Å². The Morgan fingerprint density at radius 2 is 1.68 bits per heavy atom. The van der Waals surface area contributed by atoms with Gasteiger partial charge in [-0.15, -0.1) is 0 Å². The van der Waals surface area contributed by atoms with Crippen LogP contribution in [-0.2, 0) is 21.3 Å². The molecule has 1 aliphatic rings. The second-order valence-electron chi connectivity index (χ2n) is 7.96. The fourth-order valence-electron chi connectivity index (χ4n) is 3.91. The summed E-state index contributed by atoms with van der Waals surface area (Å²) >= 11 is 6.97. The number of hydrogen-bond donors (Lipinski definition) is 1. The lowest BCUT2D eigenvalue weighted by molar-refractivity contribution is 0.122. The van der Waals surface area contributed by atoms with E-state index in [0.29, 0.717) is 40.7 Å². The number of anilines is 2. The number of thiazole rings is 1. The lowest BCUT2D eigenvalue weighted by Gasteiger charge is -2.28. The molecule has 0 bridgehead atoms. The van der Waals surface area contributed by atoms with Crippen molar-refractivity contribution in [1.29, 1.82) is 0 Å². The van der Waals surface area contributed by atoms with Crippen LogP contribution in [0.4, 0.5) is 11.4 Å². The lowest BCUT2D eigenvalue weighted by atomic mass is 10.2. The Kier molecular flexibility index (Phi) is 6.35. The molecule has 2 heterocycles. The smallest absolute Gasteiger partial charge is 0.308 e. The van der Waals surface area contributed by atoms with E-state index in [9.17, 15) is 13.2 Å². The fourth-order valence-corrected chi connectivity index (χ4v) is 6.13. The summed E-state index contributed by atoms with van der Waals surface area (Å²) in [5.41, 5.74) is 3.13. The quantitative estimate of drug-likeness (QED) is 0.411. The minimum atomic E-state index is -3.81. The number of sulfonamides is 1. The van der Waals surface area contributed by atoms with Crippen molar-refractivity contribution in [3.63, 3.8) is 0 Å². The summed E-state index contributed by atoms with van der Waals surface area (Å²) < 4.78 is 36.3. The lowest BCUT2D eigenvalue weighted by Crippen LogP contribution is -2.36. The molecule has 0 amide bonds. The minimum absolute atomic E-state index is 0.108. The van der Waals surface area contributed by atoms with Crippen LogP contribution in [0, 0.1) is 0 Å². The van der Waals surface area contributed by atoms with Gasteiger partial charge in [0.2, 0.25) is 0 Å². The first kappa shape index (κ1) is 22.9. The number of nitrogens with zero attached hydrogens (tertiary/aromatic N) is 2. The highest BCUT2D eigenvalue weighted by molar-refractivity contribution is 7.92. The van der Waals surface area contributed by atoms with Crippen molar-refractivity contribution in [1.82, 2.24) is 4.57 Å². The maximum absolute atomic E-state index is 13.0. The van der Waals surface area contributed by atoms with Crippen LogP contribution in [0.15, 0.2) is 76.4 Å². The molecule has 5 rings (SSSR count). The third kappa shape index (κ3) is 4.83. The number of fused-ring (bicyclic) bond motifs is 1. The molecule has 1 aromatic heterocycles. The van der Waals surface area contributed by atoms with Crippen molar-refractivity contribution in [3.05, 3.63) is 87.0 Å². The summed E-state index contributed by atoms with van der Waals surface area (Å²) in [5, 5.41) is 0.629. The van der Waals surface area contributed by atoms with Crippen molar-refractivity contribution in [3.8, 4) is 0 Å². The van der Waals surface area contributed by atoms with Gasteiger partial charge in [0.25, 0.3) is 10.0 Å². The predicted octanol–water partition coefficient (Wildman–Crippen LogP) is 4.40. The van der Waals surface area contributed by atoms with Gasteiger partial charge in [-0.05, 0) is 60.2 Å². The second kappa shape index (κ2) is 9.42. The fraction of sp³-hybridized carbons (Fsp3) is 0.208. The highest BCUT2D eigenvalue weighted by Gasteiger charge is 2.18. The molecule has 0 unspecified atom stereocenters. The van der Waals surface area contributed by atoms with Crippen molar-refractivity contribution in [2.45, 2.75) is 11.4 Å². The molecule has 7 nitrogen and oxygen atoms in total. The van der Waals surface area contributed by atoms with E-state index in [4.69, 9.17) is 16.3 Å². The molecule has 10 heteroatoms. The van der Waals surface area contributed by atoms with Gasteiger partial charge in [-0.1, -0.05) is 35.1 Å². The molecule has 34 heavy (non-hydrogen) atoms. The third-order valence-electron chi connectivity index (χ3n) is 5.70. The van der Waals surface area contributed by atoms with Gasteiger partial charge in [0, 0.05) is 29.5 Å². The molecule has 0 spiro atoms. The average Bonchev–Trinajstić information content (AvgIpc) is 3.15. The Morgan fingerprint density at radius 1 is 0.971 bits per heavy atom. The predicted molar refractivity (Wildman–Crippen MR) is 137 cm³/mol. The van der Waals surface area contributed by atoms with Gasteiger partial charge in [0.05, 0.1) is 34.9 Å². The summed E-state index contributed by atoms with van der Waals surface area (Å²) in [6, 6.07) is 19.3. The van der Waals surface area contributed by atoms with Crippen LogP contribution < -0.4 is 14.5 Å². The van der Waals surface area contributed by atoms with Crippen molar-refractivity contribution in [2.75, 3.05) is 35.9 Å². The summed E-state index contributed by atoms with van der Waals surface area (Å²) in [6.45, 7) is 3.38. The molecule has 0 radical (unpaired) electrons. The van der Waals surface area contributed by atoms with Gasteiger partial charge in [-0.2, -0.15) is 0 Å². The summed E-state index contributed by atoms with van der Waals surface area (Å²) in [6.07, 6.45) is 0. The molecule has 176 valence electrons. The first-order valence-electron chi connectivity index (χ1n) is 10.7. The molecule has 0 aliphatic carbocycles. The maximum Gasteiger partial charge on any atom is 0.308 e. The molecule has 1 N–H and O–H groups in total. The molecule has 3 aromatic carbocycles. The molecule has 1 fully saturated rings. The van der Waals surface area contributed by atoms with E-state index >= 15 is 0 Å². The second-order valence-corrected chi connectivity index (χ2v) is 11.1. The number of aromatic nitrogens is 1. The minimum Gasteiger partial charge on any atom is -0.378 e. The van der Waals surface area contributed by atoms with E-state index in [1.54, 1.807) is 41.0 Å². The molecule has 1 aliphatic heterocycles. The standard InChI is InChI=1S/C24H22ClN3O4S2/c25-18-3-1-17(2-4-18)16-28-22-10-9-21(15-23(22)33-24(28)29)34(30,31)26-19-5-7-20(8-6-19)27-11-13-32-14-12-27/h1-10,15,26H,11-14,16H2. The van der Waals surface area contributed by atoms with Gasteiger partial charge in [0.1, 0.15) is 0 Å². The number of benzene rings is 3. The molecular weight excluding hydrogens is 494 g/mol. The summed E-state index contributed by atoms with van der Waals surface area (Å²) in [7, 11) is -3.81. The van der Waals surface area contributed by atoms with Crippen LogP contribution in [0.2, 0.25) is 5.02 Å². The van der Waals surface area contributed by atoms with E-state index < -0.39 is 10.0 Å². The zero-order chi connectivity index (χ0) is 23.7. The normalized spacial score (nSPS) is 14.4. The third-order valence-corrected chi connectivity index (χ3v) is 8.27. The van der Waals surface area contributed by atoms with Gasteiger partial charge in [-0.3, -0.25) is 14.1 Å². The van der Waals surface area contributed by atoms with E-state index in [-0.39, 0.29) is 9.77 Å². The van der Waals surface area contributed by atoms with Crippen molar-refractivity contribution >= 4 is 54.6 Å². The zero-order valence-corrected chi connectivity index (χ0v) is 20.5. The van der Waals surface area contributed by atoms with E-state index in [0.717, 1.165) is 35.7 Å². The Bertz CT molecular complexity index is 1470. The van der Waals surface area contributed by atoms with E-state index in [2.05, 4.69) is 9.62 Å². The number of halogens is 1. The number of ether oxygens (including phenoxy) is 1. The van der Waals surface area contributed by atoms with Crippen LogP contribution in [0.5, 0.6) is 0 Å². The highest BCUT2D eigenvalue weighted by Crippen LogP contribution is 2.25. The van der Waals surface area contributed by atoms with Crippen LogP contribution in [-0.4, -0.2) is 39.3 Å². The summed E-state index contributed by atoms with van der Waals surface area (Å²) in [5.74, 6) is 0. The Labute approximate surface area is 206 Å². The van der Waals surface area contributed by atoms with Crippen molar-refractivity contribution < 1.29 is 13.2 Å². The van der Waals surface area contributed by atoms with Crippen LogP contribution >= 0.6 is 22.9 Å². The molecule has 0 atom stereocenters. The number of hydrogen-bond acceptors (Lipinski definition) is 6. The Hall–Kier alpha value is -2.85. The average molecular weight is 516 g/mol. The largest absolute Gasteiger partial charge is 0.378 e. The first-order valence-corrected chi connectivity index (χ1v) is 13.4. The monoisotopic (exact) mass is 515 g/mol. The topological polar surface area (TPSA) is 80.6 Å². The Morgan fingerprint density at radius 3 is 2.38 bits per heavy atom. The Balaban J connectivity index is 1.36. The number of morpholine rings is 1. The molecule has 4 aromatic rings. The van der Waals surface area contributed by atoms with Gasteiger partial charge in [-0.25, -0.2) is 8.42 Å². The number of rotatable bonds is 6. The van der Waals surface area contributed by atoms with E-state index in [1.165, 1.54) is 6.07 Å². The summed E-state index contributed by atoms with van der Waals surface area (Å²) in [4.78, 5) is 14.8. The molecule has 0 saturated carbocycles. The first-order chi connectivity index (χ1) is 16.4. The van der Waals surface area contributed by atoms with Gasteiger partial charge >= 0.3 is 4.87 Å². The van der Waals surface area contributed by atoms with E-state index in [1.807, 2.05) is 24.3 Å². The molecular formula is C24H22ClN3O4S2. The van der Waals surface area contributed by atoms with Gasteiger partial charge < -0.3 is 9.64 Å². The van der Waals surface area contributed by atoms with Crippen LogP contribution in [0.3, 0.4) is 0 Å². The SMILES string of the molecule is O=c1sc2cc(S(=O)(=O)Nc3ccc(N4CCOCC4)cc3)ccc2n1Cc1ccc(Cl)cc1. The van der Waals surface area contributed by atoms with Crippen molar-refractivity contribution in [2.24, 2.45) is 0 Å². The van der Waals surface area contributed by atoms with Crippen LogP contribution in [0.25, 0.3) is 10.2 Å². The van der Waals surface area contributed by atoms with Crippen LogP contribution in [0.1, 0.15) is 5.56 Å². The zero-order valence-electron chi connectivity index (χ0n) is 18.1. The maximum atomic E-state index is 13.0. The molecule has 1 saturated heterocycles. The highest BCUT2D eigenvalue weighted by atomic mass is 35.5.